The van der Waals surface area contributed by atoms with Crippen LogP contribution in [-0.4, -0.2) is 60.7 Å². The average molecular weight is 427 g/mol. The second kappa shape index (κ2) is 9.37. The molecule has 0 aliphatic carbocycles. The number of piperidine rings is 1. The molecule has 2 aliphatic rings. The van der Waals surface area contributed by atoms with Crippen molar-refractivity contribution in [2.75, 3.05) is 33.4 Å². The Labute approximate surface area is 183 Å². The molecule has 0 aromatic heterocycles. The van der Waals surface area contributed by atoms with E-state index in [4.69, 9.17) is 9.47 Å². The maximum absolute atomic E-state index is 13.5. The summed E-state index contributed by atoms with van der Waals surface area (Å²) < 4.78 is 25.3. The van der Waals surface area contributed by atoms with Crippen LogP contribution >= 0.6 is 0 Å². The fraction of sp³-hybridized carbons (Fsp3) is 0.480. The molecular weight excluding hydrogens is 395 g/mol. The van der Waals surface area contributed by atoms with Gasteiger partial charge in [0.2, 0.25) is 5.91 Å². The molecule has 2 heterocycles. The van der Waals surface area contributed by atoms with Gasteiger partial charge in [0, 0.05) is 19.6 Å². The number of likely N-dealkylation sites (tertiary alicyclic amines) is 1. The standard InChI is InChI=1S/C25H31FN2O3/c1-3-30-22-10-6-20(7-11-22)17-28-23(16-19-4-8-21(26)9-5-19)25(31-18-24(28)29)12-14-27(2)15-13-25/h4-11,23H,3,12-18H2,1-2H3. The van der Waals surface area contributed by atoms with Crippen molar-refractivity contribution >= 4 is 5.91 Å². The number of hydrogen-bond donors (Lipinski definition) is 0. The lowest BCUT2D eigenvalue weighted by Gasteiger charge is -2.52. The predicted octanol–water partition coefficient (Wildman–Crippen LogP) is 3.66. The summed E-state index contributed by atoms with van der Waals surface area (Å²) in [5, 5.41) is 0. The lowest BCUT2D eigenvalue weighted by molar-refractivity contribution is -0.189. The number of morpholine rings is 1. The summed E-state index contributed by atoms with van der Waals surface area (Å²) in [6.07, 6.45) is 2.40. The molecule has 0 radical (unpaired) electrons. The van der Waals surface area contributed by atoms with E-state index in [1.54, 1.807) is 0 Å². The van der Waals surface area contributed by atoms with Gasteiger partial charge in [0.15, 0.2) is 0 Å². The van der Waals surface area contributed by atoms with Crippen LogP contribution in [0.25, 0.3) is 0 Å². The fourth-order valence-corrected chi connectivity index (χ4v) is 4.71. The Bertz CT molecular complexity index is 877. The number of amides is 1. The minimum atomic E-state index is -0.375. The van der Waals surface area contributed by atoms with Gasteiger partial charge in [-0.15, -0.1) is 0 Å². The first-order valence-electron chi connectivity index (χ1n) is 11.1. The molecule has 6 heteroatoms. The highest BCUT2D eigenvalue weighted by molar-refractivity contribution is 5.79. The normalized spacial score (nSPS) is 21.5. The molecule has 1 atom stereocenters. The Balaban J connectivity index is 1.62. The van der Waals surface area contributed by atoms with Gasteiger partial charge in [-0.05, 0) is 68.6 Å². The minimum absolute atomic E-state index is 0.00514. The molecule has 31 heavy (non-hydrogen) atoms. The highest BCUT2D eigenvalue weighted by Crippen LogP contribution is 2.38. The molecule has 2 fully saturated rings. The highest BCUT2D eigenvalue weighted by atomic mass is 19.1. The second-order valence-electron chi connectivity index (χ2n) is 8.60. The van der Waals surface area contributed by atoms with Crippen molar-refractivity contribution in [1.29, 1.82) is 0 Å². The van der Waals surface area contributed by atoms with Crippen LogP contribution in [0.3, 0.4) is 0 Å². The largest absolute Gasteiger partial charge is 0.494 e. The molecule has 166 valence electrons. The Morgan fingerprint density at radius 3 is 2.35 bits per heavy atom. The third kappa shape index (κ3) is 4.91. The fourth-order valence-electron chi connectivity index (χ4n) is 4.71. The maximum Gasteiger partial charge on any atom is 0.249 e. The molecule has 0 N–H and O–H groups in total. The van der Waals surface area contributed by atoms with Crippen molar-refractivity contribution in [2.45, 2.75) is 44.4 Å². The highest BCUT2D eigenvalue weighted by Gasteiger charge is 2.49. The summed E-state index contributed by atoms with van der Waals surface area (Å²) in [6.45, 7) is 5.09. The topological polar surface area (TPSA) is 42.0 Å². The van der Waals surface area contributed by atoms with Gasteiger partial charge in [-0.25, -0.2) is 4.39 Å². The van der Waals surface area contributed by atoms with E-state index in [9.17, 15) is 9.18 Å². The van der Waals surface area contributed by atoms with Crippen molar-refractivity contribution in [1.82, 2.24) is 9.80 Å². The van der Waals surface area contributed by atoms with Gasteiger partial charge in [-0.1, -0.05) is 24.3 Å². The minimum Gasteiger partial charge on any atom is -0.494 e. The van der Waals surface area contributed by atoms with E-state index in [0.717, 1.165) is 42.8 Å². The SMILES string of the molecule is CCOc1ccc(CN2C(=O)COC3(CCN(C)CC3)C2Cc2ccc(F)cc2)cc1. The van der Waals surface area contributed by atoms with Crippen LogP contribution < -0.4 is 4.74 Å². The van der Waals surface area contributed by atoms with Crippen LogP contribution in [0.4, 0.5) is 4.39 Å². The molecule has 2 aromatic carbocycles. The number of carbonyl (C=O) groups is 1. The first-order valence-corrected chi connectivity index (χ1v) is 11.1. The lowest BCUT2D eigenvalue weighted by atomic mass is 9.79. The van der Waals surface area contributed by atoms with Crippen LogP contribution in [0.2, 0.25) is 0 Å². The number of nitrogens with zero attached hydrogens (tertiary/aromatic N) is 2. The first kappa shape index (κ1) is 21.8. The number of benzene rings is 2. The van der Waals surface area contributed by atoms with E-state index in [1.807, 2.05) is 48.2 Å². The van der Waals surface area contributed by atoms with E-state index >= 15 is 0 Å². The zero-order valence-corrected chi connectivity index (χ0v) is 18.4. The smallest absolute Gasteiger partial charge is 0.249 e. The van der Waals surface area contributed by atoms with Gasteiger partial charge in [-0.2, -0.15) is 0 Å². The number of carbonyl (C=O) groups excluding carboxylic acids is 1. The van der Waals surface area contributed by atoms with Crippen molar-refractivity contribution in [3.63, 3.8) is 0 Å². The molecular formula is C25H31FN2O3. The summed E-state index contributed by atoms with van der Waals surface area (Å²) in [5.41, 5.74) is 1.70. The van der Waals surface area contributed by atoms with Gasteiger partial charge in [0.05, 0.1) is 18.2 Å². The molecule has 0 bridgehead atoms. The van der Waals surface area contributed by atoms with Crippen LogP contribution in [0.1, 0.15) is 30.9 Å². The zero-order chi connectivity index (χ0) is 21.8. The van der Waals surface area contributed by atoms with Crippen LogP contribution in [0, 0.1) is 5.82 Å². The second-order valence-corrected chi connectivity index (χ2v) is 8.60. The van der Waals surface area contributed by atoms with Crippen molar-refractivity contribution in [3.05, 3.63) is 65.5 Å². The van der Waals surface area contributed by atoms with Crippen molar-refractivity contribution in [3.8, 4) is 5.75 Å². The predicted molar refractivity (Wildman–Crippen MR) is 117 cm³/mol. The van der Waals surface area contributed by atoms with Crippen LogP contribution in [0.5, 0.6) is 5.75 Å². The summed E-state index contributed by atoms with van der Waals surface area (Å²) in [5.74, 6) is 0.583. The number of halogens is 1. The van der Waals surface area contributed by atoms with Crippen LogP contribution in [0.15, 0.2) is 48.5 Å². The quantitative estimate of drug-likeness (QED) is 0.707. The van der Waals surface area contributed by atoms with E-state index in [1.165, 1.54) is 12.1 Å². The Morgan fingerprint density at radius 1 is 1.06 bits per heavy atom. The summed E-state index contributed by atoms with van der Waals surface area (Å²) in [4.78, 5) is 17.3. The molecule has 0 saturated carbocycles. The monoisotopic (exact) mass is 426 g/mol. The van der Waals surface area contributed by atoms with E-state index in [-0.39, 0.29) is 30.0 Å². The molecule has 1 unspecified atom stereocenters. The van der Waals surface area contributed by atoms with Crippen molar-refractivity contribution in [2.24, 2.45) is 0 Å². The Kier molecular flexibility index (Phi) is 6.58. The summed E-state index contributed by atoms with van der Waals surface area (Å²) in [7, 11) is 2.12. The number of ether oxygens (including phenoxy) is 2. The molecule has 4 rings (SSSR count). The molecule has 2 aliphatic heterocycles. The summed E-state index contributed by atoms with van der Waals surface area (Å²) >= 11 is 0. The van der Waals surface area contributed by atoms with E-state index in [2.05, 4.69) is 11.9 Å². The van der Waals surface area contributed by atoms with Gasteiger partial charge < -0.3 is 19.3 Å². The third-order valence-corrected chi connectivity index (χ3v) is 6.55. The molecule has 1 amide bonds. The number of hydrogen-bond acceptors (Lipinski definition) is 4. The van der Waals surface area contributed by atoms with Gasteiger partial charge in [0.25, 0.3) is 0 Å². The third-order valence-electron chi connectivity index (χ3n) is 6.55. The molecule has 1 spiro atoms. The van der Waals surface area contributed by atoms with E-state index < -0.39 is 0 Å². The van der Waals surface area contributed by atoms with Gasteiger partial charge in [0.1, 0.15) is 18.2 Å². The molecule has 2 saturated heterocycles. The van der Waals surface area contributed by atoms with Crippen molar-refractivity contribution < 1.29 is 18.7 Å². The Hall–Kier alpha value is -2.44. The zero-order valence-electron chi connectivity index (χ0n) is 18.4. The maximum atomic E-state index is 13.5. The first-order chi connectivity index (χ1) is 15.0. The molecule has 2 aromatic rings. The molecule has 5 nitrogen and oxygen atoms in total. The van der Waals surface area contributed by atoms with E-state index in [0.29, 0.717) is 19.6 Å². The van der Waals surface area contributed by atoms with Crippen LogP contribution in [-0.2, 0) is 22.5 Å². The lowest BCUT2D eigenvalue weighted by Crippen LogP contribution is -2.65. The summed E-state index contributed by atoms with van der Waals surface area (Å²) in [6, 6.07) is 14.4. The Morgan fingerprint density at radius 2 is 1.71 bits per heavy atom. The van der Waals surface area contributed by atoms with Gasteiger partial charge in [-0.3, -0.25) is 4.79 Å². The average Bonchev–Trinajstić information content (AvgIpc) is 2.78. The number of rotatable bonds is 6. The van der Waals surface area contributed by atoms with Gasteiger partial charge >= 0.3 is 0 Å².